The van der Waals surface area contributed by atoms with Crippen molar-refractivity contribution < 1.29 is 4.74 Å². The molecule has 0 spiro atoms. The molecular weight excluding hydrogens is 220 g/mol. The Bertz CT molecular complexity index is 412. The number of hydrogen-bond donors (Lipinski definition) is 3. The van der Waals surface area contributed by atoms with Crippen molar-refractivity contribution in [1.29, 1.82) is 0 Å². The van der Waals surface area contributed by atoms with E-state index in [0.29, 0.717) is 24.3 Å². The lowest BCUT2D eigenvalue weighted by Gasteiger charge is -2.23. The standard InChI is InChI=1S/C11H18N4O2/c1-17-7-9-6-10(16)15-11(14-9)13-8-2-4-12-5-3-8/h6,8,12H,2-5,7H2,1H3,(H2,13,14,15,16). The zero-order chi connectivity index (χ0) is 12.1. The van der Waals surface area contributed by atoms with Crippen LogP contribution in [0.25, 0.3) is 0 Å². The van der Waals surface area contributed by atoms with Crippen molar-refractivity contribution in [3.8, 4) is 0 Å². The van der Waals surface area contributed by atoms with Crippen LogP contribution in [0.3, 0.4) is 0 Å². The molecule has 0 unspecified atom stereocenters. The lowest BCUT2D eigenvalue weighted by molar-refractivity contribution is 0.181. The number of aromatic nitrogens is 2. The minimum atomic E-state index is -0.150. The number of nitrogens with one attached hydrogen (secondary N) is 3. The quantitative estimate of drug-likeness (QED) is 0.692. The zero-order valence-corrected chi connectivity index (χ0v) is 9.95. The summed E-state index contributed by atoms with van der Waals surface area (Å²) in [7, 11) is 1.59. The molecule has 94 valence electrons. The first-order valence-corrected chi connectivity index (χ1v) is 5.84. The summed E-state index contributed by atoms with van der Waals surface area (Å²) in [6.45, 7) is 2.35. The van der Waals surface area contributed by atoms with Gasteiger partial charge in [0, 0.05) is 19.2 Å². The Kier molecular flexibility index (Phi) is 4.11. The molecular formula is C11H18N4O2. The third-order valence-electron chi connectivity index (χ3n) is 2.77. The van der Waals surface area contributed by atoms with Crippen LogP contribution in [-0.4, -0.2) is 36.2 Å². The Morgan fingerprint density at radius 3 is 3.00 bits per heavy atom. The van der Waals surface area contributed by atoms with Crippen molar-refractivity contribution in [2.45, 2.75) is 25.5 Å². The van der Waals surface area contributed by atoms with Gasteiger partial charge < -0.3 is 15.4 Å². The molecule has 1 fully saturated rings. The van der Waals surface area contributed by atoms with Gasteiger partial charge in [-0.2, -0.15) is 0 Å². The summed E-state index contributed by atoms with van der Waals surface area (Å²) >= 11 is 0. The molecule has 0 saturated carbocycles. The molecule has 1 aliphatic rings. The highest BCUT2D eigenvalue weighted by Gasteiger charge is 2.13. The summed E-state index contributed by atoms with van der Waals surface area (Å²) < 4.78 is 4.97. The van der Waals surface area contributed by atoms with Crippen LogP contribution in [0.5, 0.6) is 0 Å². The van der Waals surface area contributed by atoms with Crippen LogP contribution in [0.15, 0.2) is 10.9 Å². The summed E-state index contributed by atoms with van der Waals surface area (Å²) in [5, 5.41) is 6.55. The third-order valence-corrected chi connectivity index (χ3v) is 2.77. The summed E-state index contributed by atoms with van der Waals surface area (Å²) in [6, 6.07) is 1.83. The first-order chi connectivity index (χ1) is 8.28. The smallest absolute Gasteiger partial charge is 0.252 e. The Hall–Kier alpha value is -1.40. The van der Waals surface area contributed by atoms with Crippen molar-refractivity contribution in [2.24, 2.45) is 0 Å². The number of hydrogen-bond acceptors (Lipinski definition) is 5. The minimum absolute atomic E-state index is 0.150. The number of nitrogens with zero attached hydrogens (tertiary/aromatic N) is 1. The number of aromatic amines is 1. The highest BCUT2D eigenvalue weighted by molar-refractivity contribution is 5.26. The number of methoxy groups -OCH3 is 1. The Morgan fingerprint density at radius 1 is 1.53 bits per heavy atom. The third kappa shape index (κ3) is 3.54. The van der Waals surface area contributed by atoms with Crippen LogP contribution in [0.2, 0.25) is 0 Å². The van der Waals surface area contributed by atoms with Crippen LogP contribution in [-0.2, 0) is 11.3 Å². The molecule has 1 aromatic rings. The first-order valence-electron chi connectivity index (χ1n) is 5.84. The fraction of sp³-hybridized carbons (Fsp3) is 0.636. The number of rotatable bonds is 4. The fourth-order valence-electron chi connectivity index (χ4n) is 1.96. The molecule has 1 saturated heterocycles. The van der Waals surface area contributed by atoms with Crippen molar-refractivity contribution in [3.63, 3.8) is 0 Å². The number of anilines is 1. The Morgan fingerprint density at radius 2 is 2.29 bits per heavy atom. The monoisotopic (exact) mass is 238 g/mol. The van der Waals surface area contributed by atoms with Crippen molar-refractivity contribution >= 4 is 5.95 Å². The van der Waals surface area contributed by atoms with Gasteiger partial charge in [0.2, 0.25) is 5.95 Å². The topological polar surface area (TPSA) is 79.0 Å². The van der Waals surface area contributed by atoms with Gasteiger partial charge in [0.05, 0.1) is 12.3 Å². The van der Waals surface area contributed by atoms with Gasteiger partial charge in [0.15, 0.2) is 0 Å². The second kappa shape index (κ2) is 5.79. The Labute approximate surface area is 99.8 Å². The second-order valence-corrected chi connectivity index (χ2v) is 4.19. The molecule has 3 N–H and O–H groups in total. The Balaban J connectivity index is 2.06. The molecule has 17 heavy (non-hydrogen) atoms. The number of ether oxygens (including phenoxy) is 1. The van der Waals surface area contributed by atoms with Crippen molar-refractivity contribution in [1.82, 2.24) is 15.3 Å². The second-order valence-electron chi connectivity index (χ2n) is 4.19. The largest absolute Gasteiger partial charge is 0.378 e. The maximum absolute atomic E-state index is 11.4. The van der Waals surface area contributed by atoms with Crippen LogP contribution < -0.4 is 16.2 Å². The van der Waals surface area contributed by atoms with Gasteiger partial charge in [-0.3, -0.25) is 9.78 Å². The van der Waals surface area contributed by atoms with E-state index in [1.165, 1.54) is 6.07 Å². The normalized spacial score (nSPS) is 17.0. The average Bonchev–Trinajstić information content (AvgIpc) is 2.30. The molecule has 0 amide bonds. The van der Waals surface area contributed by atoms with Gasteiger partial charge in [0.1, 0.15) is 0 Å². The number of piperidine rings is 1. The summed E-state index contributed by atoms with van der Waals surface area (Å²) in [4.78, 5) is 18.4. The van der Waals surface area contributed by atoms with Crippen molar-refractivity contribution in [2.75, 3.05) is 25.5 Å². The average molecular weight is 238 g/mol. The lowest BCUT2D eigenvalue weighted by Crippen LogP contribution is -2.36. The molecule has 0 bridgehead atoms. The van der Waals surface area contributed by atoms with E-state index in [-0.39, 0.29) is 5.56 Å². The number of H-pyrrole nitrogens is 1. The summed E-state index contributed by atoms with van der Waals surface area (Å²) in [5.74, 6) is 0.538. The van der Waals surface area contributed by atoms with Gasteiger partial charge in [-0.05, 0) is 25.9 Å². The van der Waals surface area contributed by atoms with Gasteiger partial charge in [0.25, 0.3) is 5.56 Å². The summed E-state index contributed by atoms with van der Waals surface area (Å²) in [5.41, 5.74) is 0.496. The summed E-state index contributed by atoms with van der Waals surface area (Å²) in [6.07, 6.45) is 2.08. The van der Waals surface area contributed by atoms with Gasteiger partial charge in [-0.25, -0.2) is 4.98 Å². The molecule has 0 aromatic carbocycles. The molecule has 2 heterocycles. The molecule has 6 nitrogen and oxygen atoms in total. The maximum atomic E-state index is 11.4. The molecule has 6 heteroatoms. The molecule has 2 rings (SSSR count). The fourth-order valence-corrected chi connectivity index (χ4v) is 1.96. The maximum Gasteiger partial charge on any atom is 0.252 e. The predicted molar refractivity (Wildman–Crippen MR) is 65.1 cm³/mol. The van der Waals surface area contributed by atoms with E-state index < -0.39 is 0 Å². The van der Waals surface area contributed by atoms with Crippen LogP contribution >= 0.6 is 0 Å². The SMILES string of the molecule is COCc1cc(=O)[nH]c(NC2CCNCC2)n1. The molecule has 1 aromatic heterocycles. The van der Waals surface area contributed by atoms with E-state index in [2.05, 4.69) is 20.6 Å². The van der Waals surface area contributed by atoms with E-state index in [1.807, 2.05) is 0 Å². The van der Waals surface area contributed by atoms with Crippen molar-refractivity contribution in [3.05, 3.63) is 22.1 Å². The van der Waals surface area contributed by atoms with Crippen LogP contribution in [0.4, 0.5) is 5.95 Å². The van der Waals surface area contributed by atoms with E-state index in [1.54, 1.807) is 7.11 Å². The molecule has 1 aliphatic heterocycles. The minimum Gasteiger partial charge on any atom is -0.378 e. The highest BCUT2D eigenvalue weighted by Crippen LogP contribution is 2.08. The van der Waals surface area contributed by atoms with E-state index in [0.717, 1.165) is 25.9 Å². The molecule has 0 atom stereocenters. The van der Waals surface area contributed by atoms with Crippen LogP contribution in [0, 0.1) is 0 Å². The van der Waals surface area contributed by atoms with E-state index in [9.17, 15) is 4.79 Å². The van der Waals surface area contributed by atoms with Gasteiger partial charge >= 0.3 is 0 Å². The predicted octanol–water partition coefficient (Wildman–Crippen LogP) is 0.0802. The van der Waals surface area contributed by atoms with Crippen LogP contribution in [0.1, 0.15) is 18.5 Å². The first kappa shape index (κ1) is 12.1. The van der Waals surface area contributed by atoms with E-state index >= 15 is 0 Å². The highest BCUT2D eigenvalue weighted by atomic mass is 16.5. The van der Waals surface area contributed by atoms with Gasteiger partial charge in [-0.1, -0.05) is 0 Å². The van der Waals surface area contributed by atoms with Gasteiger partial charge in [-0.15, -0.1) is 0 Å². The van der Waals surface area contributed by atoms with E-state index in [4.69, 9.17) is 4.74 Å². The zero-order valence-electron chi connectivity index (χ0n) is 9.95. The molecule has 0 aliphatic carbocycles. The lowest BCUT2D eigenvalue weighted by atomic mass is 10.1. The molecule has 0 radical (unpaired) electrons.